The van der Waals surface area contributed by atoms with E-state index in [9.17, 15) is 23.7 Å². The quantitative estimate of drug-likeness (QED) is 0.438. The van der Waals surface area contributed by atoms with Crippen LogP contribution < -0.4 is 4.74 Å². The zero-order valence-electron chi connectivity index (χ0n) is 12.5. The maximum absolute atomic E-state index is 13.9. The van der Waals surface area contributed by atoms with Gasteiger partial charge in [-0.25, -0.2) is 13.6 Å². The third-order valence-corrected chi connectivity index (χ3v) is 3.63. The van der Waals surface area contributed by atoms with Crippen LogP contribution >= 0.6 is 0 Å². The lowest BCUT2D eigenvalue weighted by Gasteiger charge is -2.11. The molecule has 0 aliphatic rings. The minimum atomic E-state index is -1.62. The second kappa shape index (κ2) is 6.19. The van der Waals surface area contributed by atoms with Crippen molar-refractivity contribution in [1.29, 1.82) is 0 Å². The summed E-state index contributed by atoms with van der Waals surface area (Å²) >= 11 is 0. The van der Waals surface area contributed by atoms with Crippen LogP contribution in [0.2, 0.25) is 0 Å². The molecule has 7 nitrogen and oxygen atoms in total. The lowest BCUT2D eigenvalue weighted by Crippen LogP contribution is -2.10. The number of ether oxygens (including phenoxy) is 1. The lowest BCUT2D eigenvalue weighted by atomic mass is 10.2. The predicted octanol–water partition coefficient (Wildman–Crippen LogP) is 3.93. The molecular formula is C16H10F2N2O5. The summed E-state index contributed by atoms with van der Waals surface area (Å²) in [5, 5.41) is 20.0. The van der Waals surface area contributed by atoms with Crippen molar-refractivity contribution in [3.63, 3.8) is 0 Å². The fourth-order valence-electron chi connectivity index (χ4n) is 2.53. The highest BCUT2D eigenvalue weighted by Crippen LogP contribution is 2.30. The van der Waals surface area contributed by atoms with E-state index in [1.165, 1.54) is 34.9 Å². The maximum Gasteiger partial charge on any atom is 0.512 e. The molecule has 1 N–H and O–H groups in total. The Bertz CT molecular complexity index is 979. The Balaban J connectivity index is 2.17. The number of rotatable bonds is 4. The molecule has 0 spiro atoms. The van der Waals surface area contributed by atoms with E-state index in [-0.39, 0.29) is 23.7 Å². The number of aromatic nitrogens is 1. The number of nitro benzene ring substituents is 1. The summed E-state index contributed by atoms with van der Waals surface area (Å²) in [5.74, 6) is -1.80. The Morgan fingerprint density at radius 1 is 1.20 bits per heavy atom. The molecular weight excluding hydrogens is 338 g/mol. The predicted molar refractivity (Wildman–Crippen MR) is 82.7 cm³/mol. The van der Waals surface area contributed by atoms with E-state index < -0.39 is 22.7 Å². The molecule has 25 heavy (non-hydrogen) atoms. The number of non-ortho nitro benzene ring substituents is 1. The highest BCUT2D eigenvalue weighted by atomic mass is 19.1. The highest BCUT2D eigenvalue weighted by molar-refractivity contribution is 5.85. The molecule has 2 aromatic carbocycles. The number of benzene rings is 2. The summed E-state index contributed by atoms with van der Waals surface area (Å²) in [4.78, 5) is 21.1. The molecule has 0 fully saturated rings. The van der Waals surface area contributed by atoms with Crippen molar-refractivity contribution in [1.82, 2.24) is 4.57 Å². The van der Waals surface area contributed by atoms with Crippen molar-refractivity contribution in [2.24, 2.45) is 0 Å². The van der Waals surface area contributed by atoms with E-state index in [4.69, 9.17) is 5.11 Å². The van der Waals surface area contributed by atoms with Gasteiger partial charge in [0.05, 0.1) is 17.0 Å². The standard InChI is InChI=1S/C16H10F2N2O5/c17-12-2-1-3-13(18)11(12)8-19-14-5-4-10(20(23)24)6-9(14)7-15(19)25-16(21)22/h1-7H,8H2,(H,21,22). The third-order valence-electron chi connectivity index (χ3n) is 3.63. The first-order chi connectivity index (χ1) is 11.9. The van der Waals surface area contributed by atoms with Gasteiger partial charge in [0, 0.05) is 29.1 Å². The molecule has 3 rings (SSSR count). The highest BCUT2D eigenvalue weighted by Gasteiger charge is 2.18. The Morgan fingerprint density at radius 3 is 2.48 bits per heavy atom. The smallest absolute Gasteiger partial charge is 0.449 e. The van der Waals surface area contributed by atoms with E-state index in [2.05, 4.69) is 4.74 Å². The van der Waals surface area contributed by atoms with Crippen LogP contribution in [0.4, 0.5) is 19.3 Å². The van der Waals surface area contributed by atoms with Gasteiger partial charge >= 0.3 is 6.16 Å². The molecule has 1 aromatic heterocycles. The molecule has 0 saturated carbocycles. The van der Waals surface area contributed by atoms with E-state index in [1.54, 1.807) is 0 Å². The molecule has 0 aliphatic heterocycles. The SMILES string of the molecule is O=C(O)Oc1cc2cc([N+](=O)[O-])ccc2n1Cc1c(F)cccc1F. The first-order valence-corrected chi connectivity index (χ1v) is 6.98. The van der Waals surface area contributed by atoms with Crippen molar-refractivity contribution in [3.8, 4) is 5.88 Å². The zero-order chi connectivity index (χ0) is 18.1. The van der Waals surface area contributed by atoms with Gasteiger partial charge in [-0.2, -0.15) is 0 Å². The first-order valence-electron chi connectivity index (χ1n) is 6.98. The molecule has 0 saturated heterocycles. The Morgan fingerprint density at radius 2 is 1.88 bits per heavy atom. The minimum Gasteiger partial charge on any atom is -0.449 e. The van der Waals surface area contributed by atoms with E-state index >= 15 is 0 Å². The van der Waals surface area contributed by atoms with Crippen LogP contribution in [-0.4, -0.2) is 20.8 Å². The summed E-state index contributed by atoms with van der Waals surface area (Å²) in [6.45, 7) is -0.345. The first kappa shape index (κ1) is 16.4. The number of nitrogens with zero attached hydrogens (tertiary/aromatic N) is 2. The topological polar surface area (TPSA) is 94.6 Å². The largest absolute Gasteiger partial charge is 0.512 e. The van der Waals surface area contributed by atoms with Gasteiger partial charge in [0.1, 0.15) is 11.6 Å². The van der Waals surface area contributed by atoms with Gasteiger partial charge in [-0.05, 0) is 18.2 Å². The summed E-state index contributed by atoms with van der Waals surface area (Å²) < 4.78 is 33.7. The molecule has 3 aromatic rings. The number of carboxylic acid groups (broad SMARTS) is 1. The number of fused-ring (bicyclic) bond motifs is 1. The Labute approximate surface area is 138 Å². The summed E-state index contributed by atoms with van der Waals surface area (Å²) in [7, 11) is 0. The monoisotopic (exact) mass is 348 g/mol. The van der Waals surface area contributed by atoms with E-state index in [1.807, 2.05) is 0 Å². The molecule has 0 atom stereocenters. The zero-order valence-corrected chi connectivity index (χ0v) is 12.5. The van der Waals surface area contributed by atoms with Crippen LogP contribution in [0.15, 0.2) is 42.5 Å². The molecule has 0 bridgehead atoms. The van der Waals surface area contributed by atoms with E-state index in [0.717, 1.165) is 12.1 Å². The minimum absolute atomic E-state index is 0.203. The molecule has 0 radical (unpaired) electrons. The lowest BCUT2D eigenvalue weighted by molar-refractivity contribution is -0.384. The second-order valence-electron chi connectivity index (χ2n) is 5.14. The van der Waals surface area contributed by atoms with Crippen LogP contribution in [0, 0.1) is 21.7 Å². The van der Waals surface area contributed by atoms with E-state index in [0.29, 0.717) is 10.9 Å². The average molecular weight is 348 g/mol. The van der Waals surface area contributed by atoms with Gasteiger partial charge in [0.25, 0.3) is 5.69 Å². The summed E-state index contributed by atoms with van der Waals surface area (Å²) in [6, 6.07) is 8.41. The molecule has 0 unspecified atom stereocenters. The van der Waals surface area contributed by atoms with Crippen molar-refractivity contribution in [3.05, 3.63) is 69.8 Å². The number of halogens is 2. The molecule has 0 amide bonds. The number of hydrogen-bond acceptors (Lipinski definition) is 4. The van der Waals surface area contributed by atoms with Gasteiger partial charge in [0.15, 0.2) is 0 Å². The molecule has 128 valence electrons. The van der Waals surface area contributed by atoms with Crippen LogP contribution in [0.1, 0.15) is 5.56 Å². The van der Waals surface area contributed by atoms with Gasteiger partial charge in [0.2, 0.25) is 5.88 Å². The summed E-state index contributed by atoms with van der Waals surface area (Å²) in [6.07, 6.45) is -1.62. The average Bonchev–Trinajstić information content (AvgIpc) is 2.86. The summed E-state index contributed by atoms with van der Waals surface area (Å²) in [5.41, 5.74) is -0.151. The van der Waals surface area contributed by atoms with Crippen LogP contribution in [0.3, 0.4) is 0 Å². The normalized spacial score (nSPS) is 10.8. The maximum atomic E-state index is 13.9. The van der Waals surface area contributed by atoms with Crippen molar-refractivity contribution in [2.75, 3.05) is 0 Å². The van der Waals surface area contributed by atoms with Gasteiger partial charge in [-0.1, -0.05) is 6.07 Å². The van der Waals surface area contributed by atoms with Crippen molar-refractivity contribution in [2.45, 2.75) is 6.54 Å². The van der Waals surface area contributed by atoms with Gasteiger partial charge < -0.3 is 14.4 Å². The van der Waals surface area contributed by atoms with Crippen molar-refractivity contribution < 1.29 is 28.3 Å². The fraction of sp³-hybridized carbons (Fsp3) is 0.0625. The molecule has 9 heteroatoms. The number of hydrogen-bond donors (Lipinski definition) is 1. The number of nitro groups is 1. The Kier molecular flexibility index (Phi) is 4.05. The second-order valence-corrected chi connectivity index (χ2v) is 5.14. The van der Waals surface area contributed by atoms with Crippen molar-refractivity contribution >= 4 is 22.7 Å². The Hall–Kier alpha value is -3.49. The molecule has 0 aliphatic carbocycles. The van der Waals surface area contributed by atoms with Gasteiger partial charge in [-0.3, -0.25) is 10.1 Å². The number of carbonyl (C=O) groups is 1. The third kappa shape index (κ3) is 3.11. The van der Waals surface area contributed by atoms with Crippen LogP contribution in [0.5, 0.6) is 5.88 Å². The van der Waals surface area contributed by atoms with Gasteiger partial charge in [-0.15, -0.1) is 0 Å². The van der Waals surface area contributed by atoms with Crippen LogP contribution in [-0.2, 0) is 6.54 Å². The van der Waals surface area contributed by atoms with Crippen LogP contribution in [0.25, 0.3) is 10.9 Å². The fourth-order valence-corrected chi connectivity index (χ4v) is 2.53. The molecule has 1 heterocycles.